The molecule has 3 N–H and O–H groups in total. The molecule has 2 rings (SSSR count). The summed E-state index contributed by atoms with van der Waals surface area (Å²) in [4.78, 5) is 11.9. The SMILES string of the molecule is CCC(C)NC1(C(N)=O)Cc2ccc(Cl)cc2C1. The summed E-state index contributed by atoms with van der Waals surface area (Å²) in [6.45, 7) is 4.16. The molecule has 0 aliphatic heterocycles. The molecule has 0 fully saturated rings. The van der Waals surface area contributed by atoms with Crippen LogP contribution in [0.3, 0.4) is 0 Å². The van der Waals surface area contributed by atoms with Gasteiger partial charge in [-0.3, -0.25) is 4.79 Å². The van der Waals surface area contributed by atoms with E-state index in [0.29, 0.717) is 17.9 Å². The second kappa shape index (κ2) is 4.90. The fraction of sp³-hybridized carbons (Fsp3) is 0.500. The number of rotatable bonds is 4. The number of fused-ring (bicyclic) bond motifs is 1. The fourth-order valence-corrected chi connectivity index (χ4v) is 2.76. The van der Waals surface area contributed by atoms with Crippen LogP contribution in [0.25, 0.3) is 0 Å². The van der Waals surface area contributed by atoms with Crippen LogP contribution in [0.4, 0.5) is 0 Å². The first kappa shape index (κ1) is 13.4. The van der Waals surface area contributed by atoms with Gasteiger partial charge in [-0.2, -0.15) is 0 Å². The molecule has 3 nitrogen and oxygen atoms in total. The van der Waals surface area contributed by atoms with Gasteiger partial charge in [-0.15, -0.1) is 0 Å². The van der Waals surface area contributed by atoms with E-state index in [0.717, 1.165) is 17.5 Å². The predicted molar refractivity (Wildman–Crippen MR) is 73.7 cm³/mol. The van der Waals surface area contributed by atoms with Gasteiger partial charge in [0.05, 0.1) is 0 Å². The van der Waals surface area contributed by atoms with Crippen LogP contribution in [-0.2, 0) is 17.6 Å². The molecule has 0 aromatic heterocycles. The van der Waals surface area contributed by atoms with Gasteiger partial charge in [0.15, 0.2) is 0 Å². The van der Waals surface area contributed by atoms with E-state index in [-0.39, 0.29) is 11.9 Å². The molecule has 2 unspecified atom stereocenters. The maximum Gasteiger partial charge on any atom is 0.238 e. The molecular formula is C14H19ClN2O. The van der Waals surface area contributed by atoms with Crippen molar-refractivity contribution in [2.45, 2.75) is 44.7 Å². The van der Waals surface area contributed by atoms with Crippen LogP contribution in [0, 0.1) is 0 Å². The minimum absolute atomic E-state index is 0.266. The number of primary amides is 1. The third kappa shape index (κ3) is 2.38. The van der Waals surface area contributed by atoms with Crippen LogP contribution < -0.4 is 11.1 Å². The highest BCUT2D eigenvalue weighted by atomic mass is 35.5. The van der Waals surface area contributed by atoms with Gasteiger partial charge in [0.25, 0.3) is 0 Å². The zero-order valence-corrected chi connectivity index (χ0v) is 11.6. The molecule has 0 radical (unpaired) electrons. The van der Waals surface area contributed by atoms with Crippen LogP contribution in [0.15, 0.2) is 18.2 Å². The molecule has 1 aliphatic carbocycles. The summed E-state index contributed by atoms with van der Waals surface area (Å²) < 4.78 is 0. The van der Waals surface area contributed by atoms with Crippen molar-refractivity contribution in [1.82, 2.24) is 5.32 Å². The monoisotopic (exact) mass is 266 g/mol. The van der Waals surface area contributed by atoms with Crippen molar-refractivity contribution in [1.29, 1.82) is 0 Å². The molecule has 18 heavy (non-hydrogen) atoms. The highest BCUT2D eigenvalue weighted by Crippen LogP contribution is 2.32. The van der Waals surface area contributed by atoms with Crippen molar-refractivity contribution in [3.63, 3.8) is 0 Å². The second-order valence-corrected chi connectivity index (χ2v) is 5.60. The summed E-state index contributed by atoms with van der Waals surface area (Å²) in [5, 5.41) is 4.10. The first-order valence-electron chi connectivity index (χ1n) is 6.32. The highest BCUT2D eigenvalue weighted by molar-refractivity contribution is 6.30. The Hall–Kier alpha value is -1.06. The molecule has 0 bridgehead atoms. The normalized spacial score (nSPS) is 23.7. The molecule has 1 aromatic carbocycles. The van der Waals surface area contributed by atoms with Gasteiger partial charge in [-0.1, -0.05) is 24.6 Å². The molecule has 0 saturated carbocycles. The highest BCUT2D eigenvalue weighted by Gasteiger charge is 2.42. The molecule has 0 heterocycles. The number of carbonyl (C=O) groups is 1. The van der Waals surface area contributed by atoms with Gasteiger partial charge < -0.3 is 11.1 Å². The van der Waals surface area contributed by atoms with E-state index in [4.69, 9.17) is 17.3 Å². The Bertz CT molecular complexity index is 475. The molecule has 2 atom stereocenters. The van der Waals surface area contributed by atoms with Crippen molar-refractivity contribution >= 4 is 17.5 Å². The first-order chi connectivity index (χ1) is 8.47. The smallest absolute Gasteiger partial charge is 0.238 e. The van der Waals surface area contributed by atoms with E-state index in [1.165, 1.54) is 0 Å². The molecule has 4 heteroatoms. The number of hydrogen-bond acceptors (Lipinski definition) is 2. The van der Waals surface area contributed by atoms with Gasteiger partial charge in [0.1, 0.15) is 5.54 Å². The maximum atomic E-state index is 11.9. The van der Waals surface area contributed by atoms with Crippen molar-refractivity contribution < 1.29 is 4.79 Å². The number of halogens is 1. The lowest BCUT2D eigenvalue weighted by atomic mass is 9.93. The number of carbonyl (C=O) groups excluding carboxylic acids is 1. The summed E-state index contributed by atoms with van der Waals surface area (Å²) in [6.07, 6.45) is 2.24. The molecule has 98 valence electrons. The first-order valence-corrected chi connectivity index (χ1v) is 6.69. The molecule has 1 aliphatic rings. The summed E-state index contributed by atoms with van der Waals surface area (Å²) in [7, 11) is 0. The Morgan fingerprint density at radius 1 is 1.50 bits per heavy atom. The zero-order valence-electron chi connectivity index (χ0n) is 10.8. The largest absolute Gasteiger partial charge is 0.368 e. The minimum Gasteiger partial charge on any atom is -0.368 e. The topological polar surface area (TPSA) is 55.1 Å². The van der Waals surface area contributed by atoms with Crippen molar-refractivity contribution in [3.05, 3.63) is 34.3 Å². The lowest BCUT2D eigenvalue weighted by Gasteiger charge is -2.30. The van der Waals surface area contributed by atoms with E-state index >= 15 is 0 Å². The van der Waals surface area contributed by atoms with E-state index < -0.39 is 5.54 Å². The number of nitrogens with one attached hydrogen (secondary N) is 1. The van der Waals surface area contributed by atoms with E-state index in [2.05, 4.69) is 19.2 Å². The van der Waals surface area contributed by atoms with Gasteiger partial charge >= 0.3 is 0 Å². The van der Waals surface area contributed by atoms with Gasteiger partial charge in [-0.25, -0.2) is 0 Å². The number of hydrogen-bond donors (Lipinski definition) is 2. The Morgan fingerprint density at radius 2 is 2.17 bits per heavy atom. The predicted octanol–water partition coefficient (Wildman–Crippen LogP) is 2.05. The second-order valence-electron chi connectivity index (χ2n) is 5.17. The van der Waals surface area contributed by atoms with Crippen molar-refractivity contribution in [2.24, 2.45) is 5.73 Å². The Balaban J connectivity index is 2.29. The lowest BCUT2D eigenvalue weighted by Crippen LogP contribution is -2.58. The Labute approximate surface area is 113 Å². The third-order valence-corrected chi connectivity index (χ3v) is 3.99. The van der Waals surface area contributed by atoms with Gasteiger partial charge in [0, 0.05) is 23.9 Å². The van der Waals surface area contributed by atoms with Crippen molar-refractivity contribution in [3.8, 4) is 0 Å². The Morgan fingerprint density at radius 3 is 2.78 bits per heavy atom. The lowest BCUT2D eigenvalue weighted by molar-refractivity contribution is -0.124. The van der Waals surface area contributed by atoms with Crippen LogP contribution in [0.1, 0.15) is 31.4 Å². The molecular weight excluding hydrogens is 248 g/mol. The average molecular weight is 267 g/mol. The van der Waals surface area contributed by atoms with Crippen LogP contribution in [0.5, 0.6) is 0 Å². The van der Waals surface area contributed by atoms with E-state index in [1.807, 2.05) is 18.2 Å². The van der Waals surface area contributed by atoms with Crippen LogP contribution in [-0.4, -0.2) is 17.5 Å². The minimum atomic E-state index is -0.650. The van der Waals surface area contributed by atoms with E-state index in [1.54, 1.807) is 0 Å². The van der Waals surface area contributed by atoms with Gasteiger partial charge in [-0.05, 0) is 36.6 Å². The number of amides is 1. The Kier molecular flexibility index (Phi) is 3.64. The molecule has 1 amide bonds. The third-order valence-electron chi connectivity index (χ3n) is 3.76. The molecule has 1 aromatic rings. The van der Waals surface area contributed by atoms with Crippen LogP contribution >= 0.6 is 11.6 Å². The van der Waals surface area contributed by atoms with Crippen LogP contribution in [0.2, 0.25) is 5.02 Å². The summed E-state index contributed by atoms with van der Waals surface area (Å²) in [5.74, 6) is -0.282. The average Bonchev–Trinajstić information content (AvgIpc) is 2.67. The zero-order chi connectivity index (χ0) is 13.3. The summed E-state index contributed by atoms with van der Waals surface area (Å²) in [5.41, 5.74) is 7.25. The summed E-state index contributed by atoms with van der Waals surface area (Å²) >= 11 is 5.99. The number of nitrogens with two attached hydrogens (primary N) is 1. The van der Waals surface area contributed by atoms with Crippen molar-refractivity contribution in [2.75, 3.05) is 0 Å². The fourth-order valence-electron chi connectivity index (χ4n) is 2.57. The summed E-state index contributed by atoms with van der Waals surface area (Å²) in [6, 6.07) is 6.05. The van der Waals surface area contributed by atoms with E-state index in [9.17, 15) is 4.79 Å². The molecule has 0 spiro atoms. The number of benzene rings is 1. The van der Waals surface area contributed by atoms with Gasteiger partial charge in [0.2, 0.25) is 5.91 Å². The maximum absolute atomic E-state index is 11.9. The standard InChI is InChI=1S/C14H19ClN2O/c1-3-9(2)17-14(13(16)18)7-10-4-5-12(15)6-11(10)8-14/h4-6,9,17H,3,7-8H2,1-2H3,(H2,16,18). The quantitative estimate of drug-likeness (QED) is 0.876. The molecule has 0 saturated heterocycles.